The van der Waals surface area contributed by atoms with E-state index in [1.165, 1.54) is 7.40 Å². The lowest BCUT2D eigenvalue weighted by atomic mass is 9.58. The first-order chi connectivity index (χ1) is 10.5. The highest BCUT2D eigenvalue weighted by Crippen LogP contribution is 2.49. The van der Waals surface area contributed by atoms with E-state index in [0.717, 1.165) is 29.9 Å². The molecule has 0 N–H and O–H groups in total. The van der Waals surface area contributed by atoms with Gasteiger partial charge in [-0.1, -0.05) is 27.3 Å². The lowest BCUT2D eigenvalue weighted by Crippen LogP contribution is -2.45. The van der Waals surface area contributed by atoms with Crippen LogP contribution in [-0.4, -0.2) is 15.8 Å². The normalized spacial score (nSPS) is 30.7. The van der Waals surface area contributed by atoms with Crippen LogP contribution in [0.15, 0.2) is 18.0 Å². The summed E-state index contributed by atoms with van der Waals surface area (Å²) in [6.07, 6.45) is 5.60. The molecule has 0 fully saturated rings. The molecule has 0 unspecified atom stereocenters. The molecule has 3 rings (SSSR count). The molecule has 0 amide bonds. The molecule has 4 nitrogen and oxygen atoms in total. The largest absolute Gasteiger partial charge is 0.308 e. The Kier molecular flexibility index (Phi) is 3.36. The molecule has 2 aliphatic carbocycles. The van der Waals surface area contributed by atoms with Crippen LogP contribution >= 0.6 is 0 Å². The number of allylic oxidation sites excluding steroid dienone is 2. The maximum absolute atomic E-state index is 12.2. The predicted octanol–water partition coefficient (Wildman–Crippen LogP) is 3.26. The molecule has 3 atom stereocenters. The zero-order chi connectivity index (χ0) is 16.5. The standard InChI is InChI=1S/C16H17N3O.CH4/c1-9-12-6-5-11-8-18-10(2)19-15(11)16(12,3)7-13(17-4)14(9)20;/h7-9,12H,5-6H2,1-3H3;1H4/t9-,12-,16-;/m0./s1/i;1T. The van der Waals surface area contributed by atoms with E-state index in [0.29, 0.717) is 0 Å². The molecular weight excluding hydrogens is 262 g/mol. The fraction of sp³-hybridized carbons (Fsp3) is 0.529. The second-order valence-corrected chi connectivity index (χ2v) is 6.01. The van der Waals surface area contributed by atoms with E-state index in [1.807, 2.05) is 26.1 Å². The van der Waals surface area contributed by atoms with Gasteiger partial charge in [0.15, 0.2) is 5.78 Å². The Bertz CT molecular complexity index is 677. The van der Waals surface area contributed by atoms with E-state index in [9.17, 15) is 4.79 Å². The number of carbonyl (C=O) groups is 1. The van der Waals surface area contributed by atoms with Crippen LogP contribution in [0.3, 0.4) is 0 Å². The number of rotatable bonds is 0. The van der Waals surface area contributed by atoms with Crippen molar-refractivity contribution in [1.29, 1.82) is 0 Å². The molecular formula is C17H21N3O. The molecule has 0 radical (unpaired) electrons. The van der Waals surface area contributed by atoms with Gasteiger partial charge in [-0.3, -0.25) is 0 Å². The number of aryl methyl sites for hydroxylation is 2. The summed E-state index contributed by atoms with van der Waals surface area (Å²) in [7, 11) is 1.25. The summed E-state index contributed by atoms with van der Waals surface area (Å²) in [5.41, 5.74) is 2.09. The van der Waals surface area contributed by atoms with Crippen LogP contribution in [0.5, 0.6) is 0 Å². The highest BCUT2D eigenvalue weighted by Gasteiger charge is 2.48. The molecule has 0 saturated heterocycles. The molecule has 0 aliphatic heterocycles. The van der Waals surface area contributed by atoms with E-state index < -0.39 is 0 Å². The van der Waals surface area contributed by atoms with Crippen molar-refractivity contribution in [2.75, 3.05) is 0 Å². The Morgan fingerprint density at radius 3 is 2.95 bits per heavy atom. The van der Waals surface area contributed by atoms with Crippen molar-refractivity contribution in [3.63, 3.8) is 0 Å². The molecule has 2 aliphatic rings. The van der Waals surface area contributed by atoms with Gasteiger partial charge in [0.1, 0.15) is 5.82 Å². The molecule has 0 saturated carbocycles. The summed E-state index contributed by atoms with van der Waals surface area (Å²) < 4.78 is 5.75. The lowest BCUT2D eigenvalue weighted by Gasteiger charge is -2.45. The monoisotopic (exact) mass is 285 g/mol. The smallest absolute Gasteiger partial charge is 0.226 e. The minimum absolute atomic E-state index is 0.0169. The van der Waals surface area contributed by atoms with Gasteiger partial charge < -0.3 is 4.79 Å². The van der Waals surface area contributed by atoms with Crippen LogP contribution in [-0.2, 0) is 16.6 Å². The highest BCUT2D eigenvalue weighted by molar-refractivity contribution is 6.00. The van der Waals surface area contributed by atoms with Crippen molar-refractivity contribution in [2.24, 2.45) is 11.8 Å². The van der Waals surface area contributed by atoms with Crippen molar-refractivity contribution in [3.8, 4) is 0 Å². The molecule has 1 aromatic rings. The molecule has 0 aromatic carbocycles. The van der Waals surface area contributed by atoms with Gasteiger partial charge in [0.2, 0.25) is 5.70 Å². The first-order valence-corrected chi connectivity index (χ1v) is 6.95. The summed E-state index contributed by atoms with van der Waals surface area (Å²) in [5.74, 6) is 0.837. The Labute approximate surface area is 127 Å². The molecule has 21 heavy (non-hydrogen) atoms. The van der Waals surface area contributed by atoms with Crippen LogP contribution in [0.1, 0.15) is 46.1 Å². The highest BCUT2D eigenvalue weighted by atomic mass is 16.1. The van der Waals surface area contributed by atoms with Crippen LogP contribution < -0.4 is 0 Å². The SMILES string of the molecule is [3H]C.[C-]#[N+]C1=C[C@]2(C)c3nc(C)ncc3CC[C@H]2[C@H](C)C1=O. The van der Waals surface area contributed by atoms with Crippen LogP contribution in [0.4, 0.5) is 0 Å². The van der Waals surface area contributed by atoms with Gasteiger partial charge in [0.05, 0.1) is 12.3 Å². The van der Waals surface area contributed by atoms with Gasteiger partial charge in [0, 0.05) is 18.9 Å². The van der Waals surface area contributed by atoms with Crippen molar-refractivity contribution >= 4 is 5.78 Å². The molecule has 1 heterocycles. The van der Waals surface area contributed by atoms with E-state index in [1.54, 1.807) is 0 Å². The third-order valence-electron chi connectivity index (χ3n) is 4.82. The minimum Gasteiger partial charge on any atom is -0.308 e. The van der Waals surface area contributed by atoms with E-state index in [4.69, 9.17) is 7.94 Å². The number of nitrogens with zero attached hydrogens (tertiary/aromatic N) is 3. The van der Waals surface area contributed by atoms with E-state index in [-0.39, 0.29) is 28.7 Å². The average molecular weight is 285 g/mol. The molecule has 0 bridgehead atoms. The zero-order valence-electron chi connectivity index (χ0n) is 14.0. The maximum Gasteiger partial charge on any atom is 0.226 e. The third-order valence-corrected chi connectivity index (χ3v) is 4.82. The summed E-state index contributed by atoms with van der Waals surface area (Å²) >= 11 is 0. The molecule has 1 aromatic heterocycles. The van der Waals surface area contributed by atoms with Crippen LogP contribution in [0, 0.1) is 25.3 Å². The van der Waals surface area contributed by atoms with Gasteiger partial charge >= 0.3 is 0 Å². The van der Waals surface area contributed by atoms with Crippen molar-refractivity contribution < 1.29 is 6.17 Å². The van der Waals surface area contributed by atoms with Crippen molar-refractivity contribution in [1.82, 2.24) is 9.97 Å². The summed E-state index contributed by atoms with van der Waals surface area (Å²) in [6, 6.07) is 0. The number of hydrogen-bond acceptors (Lipinski definition) is 3. The first-order valence-electron chi connectivity index (χ1n) is 7.95. The maximum atomic E-state index is 12.2. The number of carbonyl (C=O) groups excluding carboxylic acids is 1. The van der Waals surface area contributed by atoms with Gasteiger partial charge in [0.25, 0.3) is 0 Å². The second-order valence-electron chi connectivity index (χ2n) is 6.01. The molecule has 0 spiro atoms. The van der Waals surface area contributed by atoms with Crippen LogP contribution in [0.25, 0.3) is 4.85 Å². The van der Waals surface area contributed by atoms with Gasteiger partial charge in [-0.05, 0) is 31.2 Å². The van der Waals surface area contributed by atoms with E-state index in [2.05, 4.69) is 21.7 Å². The number of fused-ring (bicyclic) bond motifs is 3. The quantitative estimate of drug-likeness (QED) is 0.687. The fourth-order valence-electron chi connectivity index (χ4n) is 3.73. The molecule has 110 valence electrons. The predicted molar refractivity (Wildman–Crippen MR) is 81.5 cm³/mol. The van der Waals surface area contributed by atoms with Gasteiger partial charge in [-0.2, -0.15) is 0 Å². The number of ketones is 1. The fourth-order valence-corrected chi connectivity index (χ4v) is 3.73. The van der Waals surface area contributed by atoms with Gasteiger partial charge in [-0.15, -0.1) is 0 Å². The average Bonchev–Trinajstić information content (AvgIpc) is 2.53. The van der Waals surface area contributed by atoms with Crippen molar-refractivity contribution in [3.05, 3.63) is 46.5 Å². The third kappa shape index (κ3) is 2.08. The Morgan fingerprint density at radius 2 is 2.29 bits per heavy atom. The summed E-state index contributed by atoms with van der Waals surface area (Å²) in [5, 5.41) is 0. The number of Topliss-reactive ketones (excluding diaryl/α,β-unsaturated/α-hetero) is 1. The van der Waals surface area contributed by atoms with E-state index >= 15 is 0 Å². The van der Waals surface area contributed by atoms with Gasteiger partial charge in [-0.25, -0.2) is 14.8 Å². The summed E-state index contributed by atoms with van der Waals surface area (Å²) in [4.78, 5) is 24.5. The second kappa shape index (κ2) is 5.07. The topological polar surface area (TPSA) is 47.2 Å². The number of aromatic nitrogens is 2. The first kappa shape index (κ1) is 13.9. The lowest BCUT2D eigenvalue weighted by molar-refractivity contribution is -0.121. The Balaban J connectivity index is 0.000000847. The number of hydrogen-bond donors (Lipinski definition) is 0. The zero-order valence-corrected chi connectivity index (χ0v) is 13.0. The Hall–Kier alpha value is -2.02. The Morgan fingerprint density at radius 1 is 1.57 bits per heavy atom. The minimum atomic E-state index is -0.325. The summed E-state index contributed by atoms with van der Waals surface area (Å²) in [6.45, 7) is 13.2. The van der Waals surface area contributed by atoms with Crippen LogP contribution in [0.2, 0.25) is 0 Å². The molecule has 4 heteroatoms. The van der Waals surface area contributed by atoms with Crippen molar-refractivity contribution in [2.45, 2.75) is 46.4 Å².